The Hall–Kier alpha value is -3.79. The fourth-order valence-electron chi connectivity index (χ4n) is 4.56. The van der Waals surface area contributed by atoms with Gasteiger partial charge < -0.3 is 10.2 Å². The fourth-order valence-corrected chi connectivity index (χ4v) is 4.56. The van der Waals surface area contributed by atoms with Crippen LogP contribution >= 0.6 is 0 Å². The van der Waals surface area contributed by atoms with Crippen LogP contribution in [0.4, 0.5) is 10.3 Å². The lowest BCUT2D eigenvalue weighted by molar-refractivity contribution is 0.0623. The van der Waals surface area contributed by atoms with Crippen LogP contribution < -0.4 is 5.32 Å². The molecule has 0 radical (unpaired) electrons. The molecule has 0 saturated carbocycles. The van der Waals surface area contributed by atoms with Crippen molar-refractivity contribution in [2.45, 2.75) is 26.7 Å². The Morgan fingerprint density at radius 3 is 2.62 bits per heavy atom. The van der Waals surface area contributed by atoms with Crippen LogP contribution in [0.3, 0.4) is 0 Å². The number of nitrogens with zero attached hydrogens (tertiary/aromatic N) is 4. The molecule has 1 aliphatic rings. The van der Waals surface area contributed by atoms with Crippen LogP contribution in [0, 0.1) is 29.0 Å². The molecule has 34 heavy (non-hydrogen) atoms. The number of nitrogens with one attached hydrogen (secondary N) is 1. The molecule has 1 aliphatic heterocycles. The molecule has 2 unspecified atom stereocenters. The highest BCUT2D eigenvalue weighted by molar-refractivity contribution is 6.00. The first-order valence-electron chi connectivity index (χ1n) is 11.6. The van der Waals surface area contributed by atoms with Crippen molar-refractivity contribution in [2.75, 3.05) is 25.0 Å². The molecule has 1 saturated heterocycles. The Morgan fingerprint density at radius 2 is 1.94 bits per heavy atom. The summed E-state index contributed by atoms with van der Waals surface area (Å²) < 4.78 is 13.4. The number of anilines is 1. The molecule has 1 aromatic heterocycles. The van der Waals surface area contributed by atoms with E-state index >= 15 is 0 Å². The van der Waals surface area contributed by atoms with Gasteiger partial charge in [0.1, 0.15) is 5.82 Å². The van der Waals surface area contributed by atoms with Crippen LogP contribution in [-0.2, 0) is 6.42 Å². The van der Waals surface area contributed by atoms with Crippen molar-refractivity contribution < 1.29 is 10.6 Å². The molecule has 0 spiro atoms. The van der Waals surface area contributed by atoms with E-state index < -0.39 is 0 Å². The van der Waals surface area contributed by atoms with E-state index in [9.17, 15) is 9.18 Å². The molecule has 2 aromatic carbocycles. The van der Waals surface area contributed by atoms with Gasteiger partial charge in [-0.05, 0) is 54.5 Å². The average molecular weight is 460 g/mol. The Labute approximate surface area is 201 Å². The van der Waals surface area contributed by atoms with Crippen molar-refractivity contribution in [1.82, 2.24) is 14.9 Å². The van der Waals surface area contributed by atoms with E-state index in [1.165, 1.54) is 12.1 Å². The van der Waals surface area contributed by atoms with E-state index in [2.05, 4.69) is 35.2 Å². The summed E-state index contributed by atoms with van der Waals surface area (Å²) in [5.74, 6) is 0.935. The molecule has 4 rings (SSSR count). The van der Waals surface area contributed by atoms with Crippen LogP contribution in [0.2, 0.25) is 0 Å². The van der Waals surface area contributed by atoms with Crippen molar-refractivity contribution in [3.05, 3.63) is 77.2 Å². The third-order valence-electron chi connectivity index (χ3n) is 6.05. The topological polar surface area (TPSA) is 81.9 Å². The zero-order valence-electron chi connectivity index (χ0n) is 19.5. The SMILES string of the molecule is CC1CC(C)CN(C(=O)c2cnc(NCCc3cccc(F)c3)nc2-c2ccc(C#N)cc2)C1.[HH]. The quantitative estimate of drug-likeness (QED) is 0.550. The summed E-state index contributed by atoms with van der Waals surface area (Å²) in [5.41, 5.74) is 3.14. The number of likely N-dealkylation sites (tertiary alicyclic amines) is 1. The monoisotopic (exact) mass is 459 g/mol. The van der Waals surface area contributed by atoms with Crippen LogP contribution in [0.25, 0.3) is 11.3 Å². The Kier molecular flexibility index (Phi) is 7.17. The van der Waals surface area contributed by atoms with E-state index in [1.807, 2.05) is 11.0 Å². The molecule has 3 aromatic rings. The summed E-state index contributed by atoms with van der Waals surface area (Å²) in [6.07, 6.45) is 3.30. The van der Waals surface area contributed by atoms with Gasteiger partial charge in [-0.2, -0.15) is 5.26 Å². The number of piperidine rings is 1. The zero-order chi connectivity index (χ0) is 24.1. The van der Waals surface area contributed by atoms with Gasteiger partial charge in [0.2, 0.25) is 5.95 Å². The largest absolute Gasteiger partial charge is 0.354 e. The van der Waals surface area contributed by atoms with Crippen molar-refractivity contribution in [2.24, 2.45) is 11.8 Å². The van der Waals surface area contributed by atoms with Crippen LogP contribution in [-0.4, -0.2) is 40.4 Å². The first kappa shape index (κ1) is 23.4. The van der Waals surface area contributed by atoms with Gasteiger partial charge in [-0.25, -0.2) is 14.4 Å². The molecule has 6 nitrogen and oxygen atoms in total. The van der Waals surface area contributed by atoms with E-state index in [0.29, 0.717) is 60.7 Å². The van der Waals surface area contributed by atoms with Crippen molar-refractivity contribution in [1.29, 1.82) is 5.26 Å². The maximum Gasteiger partial charge on any atom is 0.257 e. The van der Waals surface area contributed by atoms with Crippen molar-refractivity contribution in [3.63, 3.8) is 0 Å². The molecule has 1 fully saturated rings. The molecule has 2 heterocycles. The van der Waals surface area contributed by atoms with Gasteiger partial charge in [0.25, 0.3) is 5.91 Å². The third kappa shape index (κ3) is 5.57. The van der Waals surface area contributed by atoms with Crippen LogP contribution in [0.5, 0.6) is 0 Å². The second-order valence-corrected chi connectivity index (χ2v) is 9.11. The molecule has 2 atom stereocenters. The molecule has 1 amide bonds. The maximum atomic E-state index is 13.5. The second-order valence-electron chi connectivity index (χ2n) is 9.11. The summed E-state index contributed by atoms with van der Waals surface area (Å²) in [7, 11) is 0. The van der Waals surface area contributed by atoms with E-state index in [-0.39, 0.29) is 13.2 Å². The average Bonchev–Trinajstić information content (AvgIpc) is 2.83. The summed E-state index contributed by atoms with van der Waals surface area (Å²) in [5, 5.41) is 12.3. The molecule has 0 bridgehead atoms. The Morgan fingerprint density at radius 1 is 1.21 bits per heavy atom. The maximum absolute atomic E-state index is 13.5. The highest BCUT2D eigenvalue weighted by Crippen LogP contribution is 2.27. The molecule has 7 heteroatoms. The smallest absolute Gasteiger partial charge is 0.257 e. The van der Waals surface area contributed by atoms with Gasteiger partial charge in [0.15, 0.2) is 0 Å². The van der Waals surface area contributed by atoms with Gasteiger partial charge in [-0.15, -0.1) is 0 Å². The lowest BCUT2D eigenvalue weighted by Crippen LogP contribution is -2.42. The summed E-state index contributed by atoms with van der Waals surface area (Å²) in [6, 6.07) is 15.6. The Balaban J connectivity index is 0.00000342. The second kappa shape index (κ2) is 10.4. The number of halogens is 1. The third-order valence-corrected chi connectivity index (χ3v) is 6.05. The summed E-state index contributed by atoms with van der Waals surface area (Å²) >= 11 is 0. The van der Waals surface area contributed by atoms with Crippen molar-refractivity contribution in [3.8, 4) is 17.3 Å². The van der Waals surface area contributed by atoms with Gasteiger partial charge in [0.05, 0.1) is 22.9 Å². The standard InChI is InChI=1S/C27H28FN5O.H2/c1-18-12-19(2)17-33(16-18)26(34)24-15-31-27(30-11-10-20-4-3-5-23(28)13-20)32-25(24)22-8-6-21(14-29)7-9-22;/h3-9,13,15,18-19H,10-12,16-17H2,1-2H3,(H,30,31,32);1H. The van der Waals surface area contributed by atoms with Crippen LogP contribution in [0.15, 0.2) is 54.7 Å². The van der Waals surface area contributed by atoms with Gasteiger partial charge >= 0.3 is 0 Å². The number of carbonyl (C=O) groups is 1. The lowest BCUT2D eigenvalue weighted by atomic mass is 9.91. The molecular formula is C27H30FN5O. The minimum Gasteiger partial charge on any atom is -0.354 e. The number of carbonyl (C=O) groups excluding carboxylic acids is 1. The van der Waals surface area contributed by atoms with E-state index in [4.69, 9.17) is 5.26 Å². The number of nitriles is 1. The predicted molar refractivity (Wildman–Crippen MR) is 132 cm³/mol. The predicted octanol–water partition coefficient (Wildman–Crippen LogP) is 5.17. The first-order valence-corrected chi connectivity index (χ1v) is 11.6. The minimum absolute atomic E-state index is 0. The van der Waals surface area contributed by atoms with E-state index in [1.54, 1.807) is 36.5 Å². The minimum atomic E-state index is -0.263. The highest BCUT2D eigenvalue weighted by atomic mass is 19.1. The number of amides is 1. The van der Waals surface area contributed by atoms with E-state index in [0.717, 1.165) is 17.5 Å². The molecule has 0 aliphatic carbocycles. The number of aromatic nitrogens is 2. The van der Waals surface area contributed by atoms with Crippen LogP contribution in [0.1, 0.15) is 43.2 Å². The normalized spacial score (nSPS) is 17.8. The highest BCUT2D eigenvalue weighted by Gasteiger charge is 2.28. The zero-order valence-corrected chi connectivity index (χ0v) is 19.5. The van der Waals surface area contributed by atoms with Gasteiger partial charge in [-0.1, -0.05) is 38.1 Å². The number of rotatable bonds is 6. The number of hydrogen-bond acceptors (Lipinski definition) is 5. The number of hydrogen-bond donors (Lipinski definition) is 1. The lowest BCUT2D eigenvalue weighted by Gasteiger charge is -2.35. The van der Waals surface area contributed by atoms with Crippen molar-refractivity contribution >= 4 is 11.9 Å². The Bertz CT molecular complexity index is 1200. The van der Waals surface area contributed by atoms with Gasteiger partial charge in [0, 0.05) is 32.8 Å². The molecule has 1 N–H and O–H groups in total. The molecule has 176 valence electrons. The first-order chi connectivity index (χ1) is 16.4. The fraction of sp³-hybridized carbons (Fsp3) is 0.333. The van der Waals surface area contributed by atoms with Gasteiger partial charge in [-0.3, -0.25) is 4.79 Å². The number of benzene rings is 2. The molecular weight excluding hydrogens is 429 g/mol. The summed E-state index contributed by atoms with van der Waals surface area (Å²) in [4.78, 5) is 24.5. The summed E-state index contributed by atoms with van der Waals surface area (Å²) in [6.45, 7) is 6.27.